The zero-order chi connectivity index (χ0) is 18.7. The van der Waals surface area contributed by atoms with Crippen LogP contribution in [0.1, 0.15) is 44.5 Å². The van der Waals surface area contributed by atoms with Crippen LogP contribution in [0.4, 0.5) is 0 Å². The number of methoxy groups -OCH3 is 1. The molecule has 0 atom stereocenters. The van der Waals surface area contributed by atoms with E-state index >= 15 is 0 Å². The molecule has 6 nitrogen and oxygen atoms in total. The Morgan fingerprint density at radius 1 is 1.20 bits per heavy atom. The topological polar surface area (TPSA) is 81.4 Å². The first kappa shape index (κ1) is 19.5. The second-order valence-electron chi connectivity index (χ2n) is 6.95. The summed E-state index contributed by atoms with van der Waals surface area (Å²) in [7, 11) is -1.98. The molecule has 0 saturated heterocycles. The van der Waals surface area contributed by atoms with Gasteiger partial charge in [0.2, 0.25) is 10.0 Å². The van der Waals surface area contributed by atoms with Crippen LogP contribution in [0.15, 0.2) is 33.6 Å². The molecule has 1 heterocycles. The second kappa shape index (κ2) is 7.58. The van der Waals surface area contributed by atoms with Crippen LogP contribution in [0, 0.1) is 6.92 Å². The molecule has 2 aromatic rings. The number of rotatable bonds is 7. The third-order valence-electron chi connectivity index (χ3n) is 3.78. The summed E-state index contributed by atoms with van der Waals surface area (Å²) < 4.78 is 38.0. The predicted molar refractivity (Wildman–Crippen MR) is 96.4 cm³/mol. The smallest absolute Gasteiger partial charge is 0.240 e. The third-order valence-corrected chi connectivity index (χ3v) is 5.25. The van der Waals surface area contributed by atoms with Crippen LogP contribution < -0.4 is 9.46 Å². The Bertz CT molecular complexity index is 803. The summed E-state index contributed by atoms with van der Waals surface area (Å²) in [5.41, 5.74) is 0.724. The van der Waals surface area contributed by atoms with Gasteiger partial charge in [-0.25, -0.2) is 18.1 Å². The molecule has 0 radical (unpaired) electrons. The Hall–Kier alpha value is -1.86. The Balaban J connectivity index is 1.91. The highest BCUT2D eigenvalue weighted by molar-refractivity contribution is 7.89. The molecule has 0 spiro atoms. The fourth-order valence-corrected chi connectivity index (χ4v) is 3.35. The summed E-state index contributed by atoms with van der Waals surface area (Å²) in [5, 5.41) is 0. The van der Waals surface area contributed by atoms with Gasteiger partial charge in [-0.2, -0.15) is 0 Å². The van der Waals surface area contributed by atoms with Crippen molar-refractivity contribution in [2.75, 3.05) is 13.7 Å². The minimum atomic E-state index is -3.52. The molecule has 0 fully saturated rings. The number of nitrogens with zero attached hydrogens (tertiary/aromatic N) is 1. The average Bonchev–Trinajstić information content (AvgIpc) is 2.93. The standard InChI is InChI=1S/C18H26N2O4S/c1-13-16(24-17(20-13)18(2,3)4)7-6-12-19-25(21,22)15-10-8-14(23-5)9-11-15/h8-11,19H,6-7,12H2,1-5H3. The van der Waals surface area contributed by atoms with E-state index in [0.717, 1.165) is 11.5 Å². The predicted octanol–water partition coefficient (Wildman–Crippen LogP) is 3.20. The van der Waals surface area contributed by atoms with Crippen molar-refractivity contribution in [3.8, 4) is 5.75 Å². The van der Waals surface area contributed by atoms with Gasteiger partial charge in [0, 0.05) is 18.4 Å². The monoisotopic (exact) mass is 366 g/mol. The summed E-state index contributed by atoms with van der Waals surface area (Å²) in [4.78, 5) is 4.68. The van der Waals surface area contributed by atoms with Gasteiger partial charge in [0.05, 0.1) is 17.7 Å². The van der Waals surface area contributed by atoms with Gasteiger partial charge in [0.15, 0.2) is 5.89 Å². The fraction of sp³-hybridized carbons (Fsp3) is 0.500. The Morgan fingerprint density at radius 2 is 1.84 bits per heavy atom. The third kappa shape index (κ3) is 5.06. The molecule has 0 amide bonds. The van der Waals surface area contributed by atoms with Crippen LogP contribution in [-0.2, 0) is 21.9 Å². The Kier molecular flexibility index (Phi) is 5.90. The normalized spacial score (nSPS) is 12.4. The molecular formula is C18H26N2O4S. The average molecular weight is 366 g/mol. The highest BCUT2D eigenvalue weighted by atomic mass is 32.2. The van der Waals surface area contributed by atoms with E-state index in [4.69, 9.17) is 9.15 Å². The van der Waals surface area contributed by atoms with E-state index in [9.17, 15) is 8.42 Å². The van der Waals surface area contributed by atoms with Crippen LogP contribution in [-0.4, -0.2) is 27.1 Å². The minimum absolute atomic E-state index is 0.140. The van der Waals surface area contributed by atoms with Crippen molar-refractivity contribution in [3.63, 3.8) is 0 Å². The molecule has 1 aromatic carbocycles. The van der Waals surface area contributed by atoms with Gasteiger partial charge in [0.1, 0.15) is 11.5 Å². The van der Waals surface area contributed by atoms with Gasteiger partial charge in [-0.15, -0.1) is 0 Å². The van der Waals surface area contributed by atoms with Crippen molar-refractivity contribution < 1.29 is 17.6 Å². The lowest BCUT2D eigenvalue weighted by Gasteiger charge is -2.12. The van der Waals surface area contributed by atoms with Gasteiger partial charge >= 0.3 is 0 Å². The zero-order valence-electron chi connectivity index (χ0n) is 15.4. The van der Waals surface area contributed by atoms with Crippen LogP contribution >= 0.6 is 0 Å². The molecular weight excluding hydrogens is 340 g/mol. The molecule has 25 heavy (non-hydrogen) atoms. The number of benzene rings is 1. The number of sulfonamides is 1. The number of nitrogens with one attached hydrogen (secondary N) is 1. The van der Waals surface area contributed by atoms with Gasteiger partial charge in [-0.1, -0.05) is 20.8 Å². The molecule has 0 aliphatic heterocycles. The molecule has 138 valence electrons. The van der Waals surface area contributed by atoms with Crippen molar-refractivity contribution in [2.45, 2.75) is 50.8 Å². The van der Waals surface area contributed by atoms with Crippen molar-refractivity contribution in [1.29, 1.82) is 0 Å². The quantitative estimate of drug-likeness (QED) is 0.761. The van der Waals surface area contributed by atoms with Crippen molar-refractivity contribution in [1.82, 2.24) is 9.71 Å². The lowest BCUT2D eigenvalue weighted by Crippen LogP contribution is -2.25. The van der Waals surface area contributed by atoms with Gasteiger partial charge in [-0.05, 0) is 37.6 Å². The summed E-state index contributed by atoms with van der Waals surface area (Å²) in [5.74, 6) is 2.14. The van der Waals surface area contributed by atoms with Gasteiger partial charge < -0.3 is 9.15 Å². The lowest BCUT2D eigenvalue weighted by atomic mass is 9.97. The lowest BCUT2D eigenvalue weighted by molar-refractivity contribution is 0.370. The number of ether oxygens (including phenoxy) is 1. The van der Waals surface area contributed by atoms with E-state index in [-0.39, 0.29) is 10.3 Å². The second-order valence-corrected chi connectivity index (χ2v) is 8.72. The summed E-state index contributed by atoms with van der Waals surface area (Å²) in [6, 6.07) is 6.30. The van der Waals surface area contributed by atoms with E-state index in [0.29, 0.717) is 31.0 Å². The molecule has 1 aromatic heterocycles. The molecule has 1 N–H and O–H groups in total. The first-order chi connectivity index (χ1) is 11.6. The Morgan fingerprint density at radius 3 is 2.36 bits per heavy atom. The largest absolute Gasteiger partial charge is 0.497 e. The number of aryl methyl sites for hydroxylation is 2. The highest BCUT2D eigenvalue weighted by Gasteiger charge is 2.22. The summed E-state index contributed by atoms with van der Waals surface area (Å²) >= 11 is 0. The van der Waals surface area contributed by atoms with E-state index in [1.165, 1.54) is 19.2 Å². The Labute approximate surface area is 149 Å². The fourth-order valence-electron chi connectivity index (χ4n) is 2.27. The molecule has 2 rings (SSSR count). The zero-order valence-corrected chi connectivity index (χ0v) is 16.2. The van der Waals surface area contributed by atoms with Crippen LogP contribution in [0.2, 0.25) is 0 Å². The maximum Gasteiger partial charge on any atom is 0.240 e. The summed E-state index contributed by atoms with van der Waals surface area (Å²) in [6.07, 6.45) is 1.27. The molecule has 0 aliphatic rings. The molecule has 7 heteroatoms. The number of hydrogen-bond acceptors (Lipinski definition) is 5. The van der Waals surface area contributed by atoms with Crippen molar-refractivity contribution >= 4 is 10.0 Å². The van der Waals surface area contributed by atoms with E-state index in [1.807, 2.05) is 27.7 Å². The first-order valence-corrected chi connectivity index (χ1v) is 9.72. The van der Waals surface area contributed by atoms with Crippen LogP contribution in [0.3, 0.4) is 0 Å². The van der Waals surface area contributed by atoms with Crippen LogP contribution in [0.25, 0.3) is 0 Å². The minimum Gasteiger partial charge on any atom is -0.497 e. The van der Waals surface area contributed by atoms with Gasteiger partial charge in [-0.3, -0.25) is 0 Å². The SMILES string of the molecule is COc1ccc(S(=O)(=O)NCCCc2oc(C(C)(C)C)nc2C)cc1. The number of hydrogen-bond donors (Lipinski definition) is 1. The molecule has 0 saturated carbocycles. The molecule has 0 unspecified atom stereocenters. The molecule has 0 aliphatic carbocycles. The van der Waals surface area contributed by atoms with Crippen molar-refractivity contribution in [3.05, 3.63) is 41.6 Å². The molecule has 0 bridgehead atoms. The maximum atomic E-state index is 12.3. The van der Waals surface area contributed by atoms with E-state index in [2.05, 4.69) is 9.71 Å². The highest BCUT2D eigenvalue weighted by Crippen LogP contribution is 2.24. The van der Waals surface area contributed by atoms with Crippen molar-refractivity contribution in [2.24, 2.45) is 0 Å². The number of aromatic nitrogens is 1. The van der Waals surface area contributed by atoms with Crippen LogP contribution in [0.5, 0.6) is 5.75 Å². The van der Waals surface area contributed by atoms with E-state index in [1.54, 1.807) is 12.1 Å². The van der Waals surface area contributed by atoms with E-state index < -0.39 is 10.0 Å². The number of oxazole rings is 1. The first-order valence-electron chi connectivity index (χ1n) is 8.24. The maximum absolute atomic E-state index is 12.3. The van der Waals surface area contributed by atoms with Gasteiger partial charge in [0.25, 0.3) is 0 Å². The summed E-state index contributed by atoms with van der Waals surface area (Å²) in [6.45, 7) is 8.38.